The van der Waals surface area contributed by atoms with Crippen LogP contribution in [0.25, 0.3) is 0 Å². The van der Waals surface area contributed by atoms with Gasteiger partial charge in [0.2, 0.25) is 35.4 Å². The predicted octanol–water partition coefficient (Wildman–Crippen LogP) is -0.959. The molecular weight excluding hydrogens is 819 g/mol. The number of primary amides is 1. The van der Waals surface area contributed by atoms with E-state index in [0.29, 0.717) is 19.3 Å². The van der Waals surface area contributed by atoms with E-state index >= 15 is 0 Å². The number of guanidine groups is 1. The van der Waals surface area contributed by atoms with E-state index in [9.17, 15) is 49.2 Å². The first kappa shape index (κ1) is 58.9. The maximum Gasteiger partial charge on any atom is 0.245 e. The Balaban J connectivity index is 5.41. The molecule has 21 heteroatoms. The highest BCUT2D eigenvalue weighted by molar-refractivity contribution is 5.93. The van der Waals surface area contributed by atoms with Crippen LogP contribution in [-0.4, -0.2) is 138 Å². The number of amides is 6. The van der Waals surface area contributed by atoms with Crippen LogP contribution in [0.15, 0.2) is 0 Å². The van der Waals surface area contributed by atoms with Crippen molar-refractivity contribution in [3.63, 3.8) is 0 Å². The Kier molecular flexibility index (Phi) is 34.8. The molecule has 6 amide bonds. The lowest BCUT2D eigenvalue weighted by Crippen LogP contribution is -2.62. The lowest BCUT2D eigenvalue weighted by molar-refractivity contribution is -0.134. The molecule has 7 atom stereocenters. The zero-order chi connectivity index (χ0) is 47.4. The molecule has 0 saturated heterocycles. The fraction of sp³-hybridized carbons (Fsp3) is 0.833. The van der Waals surface area contributed by atoms with Crippen LogP contribution in [0.1, 0.15) is 149 Å². The summed E-state index contributed by atoms with van der Waals surface area (Å²) in [6.45, 7) is 2.26. The topological polar surface area (TPSA) is 355 Å². The largest absolute Gasteiger partial charge is 0.394 e. The van der Waals surface area contributed by atoms with Crippen molar-refractivity contribution in [2.75, 3.05) is 33.4 Å². The van der Waals surface area contributed by atoms with Gasteiger partial charge in [-0.1, -0.05) is 104 Å². The third-order valence-corrected chi connectivity index (χ3v) is 10.6. The minimum Gasteiger partial charge on any atom is -0.394 e. The first-order valence-electron chi connectivity index (χ1n) is 23.0. The zero-order valence-electron chi connectivity index (χ0n) is 38.1. The summed E-state index contributed by atoms with van der Waals surface area (Å²) < 4.78 is 0. The number of unbranched alkanes of at least 4 members (excludes halogenated alkanes) is 13. The average molecular weight is 902 g/mol. The molecule has 21 nitrogen and oxygen atoms in total. The molecule has 4 unspecified atom stereocenters. The third-order valence-electron chi connectivity index (χ3n) is 10.6. The molecule has 0 saturated carbocycles. The van der Waals surface area contributed by atoms with Crippen molar-refractivity contribution in [3.05, 3.63) is 0 Å². The Labute approximate surface area is 374 Å². The van der Waals surface area contributed by atoms with E-state index in [-0.39, 0.29) is 50.5 Å². The van der Waals surface area contributed by atoms with E-state index in [4.69, 9.17) is 16.9 Å². The normalized spacial score (nSPS) is 14.5. The smallest absolute Gasteiger partial charge is 0.245 e. The van der Waals surface area contributed by atoms with Gasteiger partial charge in [-0.2, -0.15) is 0 Å². The van der Waals surface area contributed by atoms with Gasteiger partial charge in [-0.15, -0.1) is 0 Å². The number of hydrogen-bond acceptors (Lipinski definition) is 13. The number of rotatable bonds is 40. The van der Waals surface area contributed by atoms with Gasteiger partial charge >= 0.3 is 0 Å². The van der Waals surface area contributed by atoms with Crippen molar-refractivity contribution in [1.82, 2.24) is 42.5 Å². The lowest BCUT2D eigenvalue weighted by Gasteiger charge is -2.33. The number of carbonyl (C=O) groups is 6. The summed E-state index contributed by atoms with van der Waals surface area (Å²) in [6, 6.07) is -6.26. The van der Waals surface area contributed by atoms with Crippen LogP contribution >= 0.6 is 0 Å². The number of nitrogens with two attached hydrogens (primary N) is 2. The molecule has 0 rings (SSSR count). The van der Waals surface area contributed by atoms with Crippen LogP contribution < -0.4 is 54.0 Å². The van der Waals surface area contributed by atoms with Crippen LogP contribution in [0.5, 0.6) is 0 Å². The van der Waals surface area contributed by atoms with Crippen LogP contribution in [-0.2, 0) is 28.8 Å². The van der Waals surface area contributed by atoms with E-state index < -0.39 is 92.0 Å². The van der Waals surface area contributed by atoms with Crippen LogP contribution in [0.3, 0.4) is 0 Å². The van der Waals surface area contributed by atoms with Gasteiger partial charge in [-0.05, 0) is 32.1 Å². The molecule has 0 aromatic heterocycles. The van der Waals surface area contributed by atoms with Gasteiger partial charge in [0.25, 0.3) is 0 Å². The molecule has 17 N–H and O–H groups in total. The highest BCUT2D eigenvalue weighted by Gasteiger charge is 2.32. The quantitative estimate of drug-likeness (QED) is 0.0153. The van der Waals surface area contributed by atoms with Crippen molar-refractivity contribution < 1.29 is 49.2 Å². The van der Waals surface area contributed by atoms with Gasteiger partial charge in [0.15, 0.2) is 5.96 Å². The number of nitrogens with one attached hydrogen (secondary N) is 9. The standard InChI is InChI=1S/C42H83N11O10/c1-4-6-8-9-10-11-12-13-14-15-16-17-18-22-35(57)48-26-36(58)49-32(27-54)40(62)52-31(23-24-34(43)56)39(61)51-30(21-19-25-47-42(44)45)38(60)53-33(28-55)41(63)50-29(20-7-5-2)37(59)46-3/h29-33,39-40,51-52,54-55,61-62H,4-28H2,1-3H3,(H2,43,56)(H,46,59)(H,48,57)(H,49,58)(H,50,63)(H,53,60)(H4,44,45,47)/t29-,30-,31-,32?,33?,39?,40?/m0/s1. The molecule has 0 aliphatic rings. The molecule has 63 heavy (non-hydrogen) atoms. The Morgan fingerprint density at radius 3 is 1.59 bits per heavy atom. The number of hydrogen-bond donors (Lipinski definition) is 15. The Bertz CT molecular complexity index is 1320. The first-order chi connectivity index (χ1) is 30.1. The molecule has 0 aromatic carbocycles. The Hall–Kier alpha value is -4.15. The average Bonchev–Trinajstić information content (AvgIpc) is 3.25. The van der Waals surface area contributed by atoms with Gasteiger partial charge in [-0.25, -0.2) is 0 Å². The third kappa shape index (κ3) is 29.8. The number of likely N-dealkylation sites (N-methyl/N-ethyl adjacent to an activating group) is 1. The zero-order valence-corrected chi connectivity index (χ0v) is 38.1. The molecule has 0 bridgehead atoms. The summed E-state index contributed by atoms with van der Waals surface area (Å²) in [5.41, 5.74) is 10.7. The predicted molar refractivity (Wildman–Crippen MR) is 240 cm³/mol. The number of aliphatic hydroxyl groups excluding tert-OH is 4. The van der Waals surface area contributed by atoms with Crippen LogP contribution in [0.2, 0.25) is 0 Å². The summed E-state index contributed by atoms with van der Waals surface area (Å²) in [5, 5.41) is 70.2. The van der Waals surface area contributed by atoms with Crippen molar-refractivity contribution in [1.29, 1.82) is 5.41 Å². The summed E-state index contributed by atoms with van der Waals surface area (Å²) in [6.07, 6.45) is 13.5. The summed E-state index contributed by atoms with van der Waals surface area (Å²) in [5.74, 6) is -4.22. The fourth-order valence-electron chi connectivity index (χ4n) is 6.75. The van der Waals surface area contributed by atoms with E-state index in [0.717, 1.165) is 25.7 Å². The van der Waals surface area contributed by atoms with Gasteiger partial charge in [0, 0.05) is 32.5 Å². The van der Waals surface area contributed by atoms with Crippen molar-refractivity contribution >= 4 is 41.4 Å². The Morgan fingerprint density at radius 1 is 0.540 bits per heavy atom. The molecular formula is C42H83N11O10. The van der Waals surface area contributed by atoms with Gasteiger partial charge < -0.3 is 63.8 Å². The first-order valence-corrected chi connectivity index (χ1v) is 23.0. The SMILES string of the molecule is CCCCCCCCCCCCCCCC(=O)NCC(=O)NC(CO)C(O)N[C@@H](CCC(N)=O)C(O)N[C@@H](CCCNC(=N)N)C(=O)NC(CO)C(=O)N[C@@H](CCCC)C(=O)NC. The molecule has 0 radical (unpaired) electrons. The lowest BCUT2D eigenvalue weighted by atomic mass is 10.0. The minimum absolute atomic E-state index is 0.0220. The second-order valence-corrected chi connectivity index (χ2v) is 16.1. The second kappa shape index (κ2) is 37.2. The van der Waals surface area contributed by atoms with E-state index in [2.05, 4.69) is 49.5 Å². The second-order valence-electron chi connectivity index (χ2n) is 16.1. The summed E-state index contributed by atoms with van der Waals surface area (Å²) in [4.78, 5) is 75.9. The number of aliphatic hydroxyl groups is 4. The van der Waals surface area contributed by atoms with E-state index in [1.165, 1.54) is 64.8 Å². The highest BCUT2D eigenvalue weighted by atomic mass is 16.3. The monoisotopic (exact) mass is 902 g/mol. The molecule has 0 aromatic rings. The molecule has 0 spiro atoms. The summed E-state index contributed by atoms with van der Waals surface area (Å²) >= 11 is 0. The minimum atomic E-state index is -1.72. The van der Waals surface area contributed by atoms with Crippen molar-refractivity contribution in [2.24, 2.45) is 11.5 Å². The van der Waals surface area contributed by atoms with Crippen LogP contribution in [0.4, 0.5) is 0 Å². The molecule has 0 aliphatic carbocycles. The maximum atomic E-state index is 13.6. The van der Waals surface area contributed by atoms with Gasteiger partial charge in [0.05, 0.1) is 31.8 Å². The van der Waals surface area contributed by atoms with E-state index in [1.54, 1.807) is 0 Å². The molecule has 0 heterocycles. The van der Waals surface area contributed by atoms with E-state index in [1.807, 2.05) is 6.92 Å². The number of carbonyl (C=O) groups excluding carboxylic acids is 6. The Morgan fingerprint density at radius 2 is 1.06 bits per heavy atom. The molecule has 0 fully saturated rings. The van der Waals surface area contributed by atoms with Crippen LogP contribution in [0, 0.1) is 5.41 Å². The van der Waals surface area contributed by atoms with Gasteiger partial charge in [-0.3, -0.25) is 44.8 Å². The maximum absolute atomic E-state index is 13.6. The van der Waals surface area contributed by atoms with Gasteiger partial charge in [0.1, 0.15) is 24.5 Å². The molecule has 366 valence electrons. The summed E-state index contributed by atoms with van der Waals surface area (Å²) in [7, 11) is 1.41. The molecule has 0 aliphatic heterocycles. The van der Waals surface area contributed by atoms with Crippen molar-refractivity contribution in [3.8, 4) is 0 Å². The highest BCUT2D eigenvalue weighted by Crippen LogP contribution is 2.13. The fourth-order valence-corrected chi connectivity index (χ4v) is 6.75. The van der Waals surface area contributed by atoms with Crippen molar-refractivity contribution in [2.45, 2.75) is 191 Å².